The molecule has 5 N–H and O–H groups in total. The molecule has 74 heavy (non-hydrogen) atoms. The van der Waals surface area contributed by atoms with E-state index in [4.69, 9.17) is 28.4 Å². The van der Waals surface area contributed by atoms with Gasteiger partial charge in [0.25, 0.3) is 0 Å². The SMILES string of the molecule is CC[C@H]1OC(=O)[C@H](C)[C@@H](C2C[C@@](C)(OC)[C@@H](O)[C@H](C)O2)[C@H](C)[C@@H](O[C@@H]2O[C@H](C)C[C@H](N(C)CCc3cn([C@H](CF)[C@H](OC)c4ccc(-c5nncs5)cc4)nn3)[C@H]2O)[C@](C)(O)C[C@@H](C)CN(C)[C@H](C)[C@@H](O)[C@]1(C)O. The van der Waals surface area contributed by atoms with Crippen molar-refractivity contribution < 1.29 is 63.1 Å². The van der Waals surface area contributed by atoms with Crippen LogP contribution in [0.5, 0.6) is 0 Å². The highest BCUT2D eigenvalue weighted by Gasteiger charge is 2.55. The van der Waals surface area contributed by atoms with E-state index in [-0.39, 0.29) is 25.2 Å². The van der Waals surface area contributed by atoms with E-state index in [2.05, 4.69) is 20.5 Å². The number of esters is 1. The number of halogens is 1. The summed E-state index contributed by atoms with van der Waals surface area (Å²) in [6, 6.07) is 5.73. The van der Waals surface area contributed by atoms with Crippen LogP contribution in [0.2, 0.25) is 0 Å². The second-order valence-corrected chi connectivity index (χ2v) is 23.3. The molecular formula is C53H86FN7O12S. The number of ether oxygens (including phenoxy) is 6. The van der Waals surface area contributed by atoms with Crippen molar-refractivity contribution in [3.8, 4) is 10.6 Å². The summed E-state index contributed by atoms with van der Waals surface area (Å²) in [5, 5.41) is 77.8. The van der Waals surface area contributed by atoms with Crippen LogP contribution in [0.15, 0.2) is 36.0 Å². The Labute approximate surface area is 441 Å². The predicted octanol–water partition coefficient (Wildman–Crippen LogP) is 4.80. The molecule has 20 atom stereocenters. The van der Waals surface area contributed by atoms with E-state index in [0.717, 1.165) is 16.1 Å². The first-order chi connectivity index (χ1) is 34.8. The number of hydrogen-bond acceptors (Lipinski definition) is 19. The van der Waals surface area contributed by atoms with Gasteiger partial charge < -0.3 is 63.8 Å². The van der Waals surface area contributed by atoms with E-state index in [1.807, 2.05) is 68.9 Å². The number of alkyl halides is 1. The molecule has 2 aromatic heterocycles. The number of aliphatic hydroxyl groups excluding tert-OH is 3. The molecule has 1 unspecified atom stereocenters. The maximum absolute atomic E-state index is 14.9. The summed E-state index contributed by atoms with van der Waals surface area (Å²) >= 11 is 1.43. The van der Waals surface area contributed by atoms with Crippen molar-refractivity contribution in [2.45, 2.75) is 197 Å². The summed E-state index contributed by atoms with van der Waals surface area (Å²) in [7, 11) is 6.80. The quantitative estimate of drug-likeness (QED) is 0.129. The first-order valence-corrected chi connectivity index (χ1v) is 27.2. The van der Waals surface area contributed by atoms with Crippen molar-refractivity contribution in [2.24, 2.45) is 23.7 Å². The third-order valence-electron chi connectivity index (χ3n) is 16.7. The molecule has 21 heteroatoms. The van der Waals surface area contributed by atoms with E-state index in [9.17, 15) is 34.7 Å². The molecule has 5 heterocycles. The molecule has 6 rings (SSSR count). The van der Waals surface area contributed by atoms with Crippen LogP contribution >= 0.6 is 11.3 Å². The lowest BCUT2D eigenvalue weighted by Crippen LogP contribution is -2.62. The van der Waals surface area contributed by atoms with Crippen LogP contribution in [0.25, 0.3) is 10.6 Å². The van der Waals surface area contributed by atoms with Crippen molar-refractivity contribution in [1.82, 2.24) is 35.0 Å². The number of hydrogen-bond donors (Lipinski definition) is 5. The van der Waals surface area contributed by atoms with Gasteiger partial charge in [0.05, 0.1) is 47.2 Å². The Bertz CT molecular complexity index is 2210. The smallest absolute Gasteiger partial charge is 0.309 e. The van der Waals surface area contributed by atoms with E-state index in [1.54, 1.807) is 53.2 Å². The topological polar surface area (TPSA) is 237 Å². The maximum atomic E-state index is 14.9. The van der Waals surface area contributed by atoms with Crippen LogP contribution in [0.3, 0.4) is 0 Å². The monoisotopic (exact) mass is 1060 g/mol. The first-order valence-electron chi connectivity index (χ1n) is 26.3. The van der Waals surface area contributed by atoms with Crippen LogP contribution in [0.1, 0.15) is 118 Å². The van der Waals surface area contributed by atoms with E-state index in [1.165, 1.54) is 37.2 Å². The lowest BCUT2D eigenvalue weighted by atomic mass is 9.68. The molecule has 19 nitrogen and oxygen atoms in total. The molecule has 1 aromatic carbocycles. The van der Waals surface area contributed by atoms with Gasteiger partial charge in [-0.05, 0) is 92.3 Å². The zero-order chi connectivity index (χ0) is 54.6. The van der Waals surface area contributed by atoms with Crippen LogP contribution in [0, 0.1) is 23.7 Å². The highest BCUT2D eigenvalue weighted by molar-refractivity contribution is 7.12. The van der Waals surface area contributed by atoms with Gasteiger partial charge in [0.2, 0.25) is 0 Å². The van der Waals surface area contributed by atoms with Gasteiger partial charge >= 0.3 is 5.97 Å². The largest absolute Gasteiger partial charge is 0.459 e. The molecule has 0 saturated carbocycles. The van der Waals surface area contributed by atoms with Crippen LogP contribution < -0.4 is 0 Å². The van der Waals surface area contributed by atoms with Crippen LogP contribution in [-0.2, 0) is 39.6 Å². The first kappa shape index (κ1) is 60.1. The van der Waals surface area contributed by atoms with Crippen molar-refractivity contribution >= 4 is 17.3 Å². The summed E-state index contributed by atoms with van der Waals surface area (Å²) in [6.45, 7) is 17.9. The molecule has 0 spiro atoms. The second-order valence-electron chi connectivity index (χ2n) is 22.5. The fraction of sp³-hybridized carbons (Fsp3) is 0.792. The molecule has 3 aliphatic heterocycles. The highest BCUT2D eigenvalue weighted by atomic mass is 32.1. The van der Waals surface area contributed by atoms with Crippen molar-refractivity contribution in [2.75, 3.05) is 48.1 Å². The maximum Gasteiger partial charge on any atom is 0.309 e. The minimum atomic E-state index is -1.83. The number of aliphatic hydroxyl groups is 5. The molecule has 3 aliphatic rings. The number of carbonyl (C=O) groups excluding carboxylic acids is 1. The van der Waals surface area contributed by atoms with Crippen molar-refractivity contribution in [3.63, 3.8) is 0 Å². The van der Waals surface area contributed by atoms with Gasteiger partial charge in [-0.2, -0.15) is 0 Å². The average molecular weight is 1060 g/mol. The third kappa shape index (κ3) is 13.2. The molecule has 418 valence electrons. The Morgan fingerprint density at radius 3 is 2.28 bits per heavy atom. The molecule has 0 radical (unpaired) electrons. The molecule has 3 fully saturated rings. The van der Waals surface area contributed by atoms with Gasteiger partial charge in [-0.15, -0.1) is 15.3 Å². The van der Waals surface area contributed by atoms with Crippen molar-refractivity contribution in [3.05, 3.63) is 47.2 Å². The van der Waals surface area contributed by atoms with Gasteiger partial charge in [-0.3, -0.25) is 4.79 Å². The number of benzene rings is 1. The number of methoxy groups -OCH3 is 2. The van der Waals surface area contributed by atoms with Crippen LogP contribution in [0.4, 0.5) is 4.39 Å². The second kappa shape index (κ2) is 25.1. The normalized spacial score (nSPS) is 39.3. The number of rotatable bonds is 15. The number of aromatic nitrogens is 5. The van der Waals surface area contributed by atoms with Gasteiger partial charge in [-0.25, -0.2) is 9.07 Å². The average Bonchev–Trinajstić information content (AvgIpc) is 4.08. The molecule has 0 bridgehead atoms. The van der Waals surface area contributed by atoms with Gasteiger partial charge in [0.15, 0.2) is 6.29 Å². The van der Waals surface area contributed by atoms with Gasteiger partial charge in [0, 0.05) is 69.9 Å². The molecular weight excluding hydrogens is 978 g/mol. The third-order valence-corrected chi connectivity index (χ3v) is 17.4. The van der Waals surface area contributed by atoms with E-state index >= 15 is 0 Å². The summed E-state index contributed by atoms with van der Waals surface area (Å²) in [6.07, 6.45) is -6.25. The number of likely N-dealkylation sites (N-methyl/N-ethyl adjacent to an activating group) is 2. The summed E-state index contributed by atoms with van der Waals surface area (Å²) in [5.41, 5.74) is -0.578. The Hall–Kier alpha value is -3.16. The van der Waals surface area contributed by atoms with Gasteiger partial charge in [0.1, 0.15) is 59.4 Å². The fourth-order valence-corrected chi connectivity index (χ4v) is 12.7. The molecule has 3 saturated heterocycles. The lowest BCUT2D eigenvalue weighted by Gasteiger charge is -2.51. The molecule has 3 aromatic rings. The number of carbonyl (C=O) groups is 1. The fourth-order valence-electron chi connectivity index (χ4n) is 12.2. The summed E-state index contributed by atoms with van der Waals surface area (Å²) < 4.78 is 54.4. The predicted molar refractivity (Wildman–Crippen MR) is 276 cm³/mol. The van der Waals surface area contributed by atoms with E-state index in [0.29, 0.717) is 31.6 Å². The zero-order valence-corrected chi connectivity index (χ0v) is 46.8. The minimum absolute atomic E-state index is 0.172. The summed E-state index contributed by atoms with van der Waals surface area (Å²) in [5.74, 6) is -3.26. The zero-order valence-electron chi connectivity index (χ0n) is 45.9. The van der Waals surface area contributed by atoms with Crippen LogP contribution in [-0.4, -0.2) is 199 Å². The number of cyclic esters (lactones) is 1. The highest BCUT2D eigenvalue weighted by Crippen LogP contribution is 2.45. The Balaban J connectivity index is 1.27. The molecule has 0 aliphatic carbocycles. The lowest BCUT2D eigenvalue weighted by molar-refractivity contribution is -0.302. The Morgan fingerprint density at radius 1 is 0.986 bits per heavy atom. The standard InChI is InChI=1S/C53H86FN7O12S/c1-15-41-53(10,67)45(63)33(6)60(12)26-29(2)23-51(8,66)47(31(4)42(32(5)49(65)72-41)40-24-52(9,69-14)46(64)34(7)71-40)73-50-43(62)38(22-30(3)70-50)59(11)21-20-37-27-61(58-56-37)39(25-54)44(68-13)35-16-18-36(19-17-35)48-57-55-28-74-48/h16-19,27-34,38-47,50,62-64,66-67H,15,20-26H2,1-14H3/t29-,30-,31+,32-,33-,34+,38+,39-,40?,41-,42+,43-,44-,45-,46+,47-,50+,51-,52-,53-/m1/s1. The Morgan fingerprint density at radius 2 is 1.68 bits per heavy atom. The number of nitrogens with zero attached hydrogens (tertiary/aromatic N) is 7. The Kier molecular flexibility index (Phi) is 20.4. The summed E-state index contributed by atoms with van der Waals surface area (Å²) in [4.78, 5) is 18.6. The van der Waals surface area contributed by atoms with Crippen molar-refractivity contribution in [1.29, 1.82) is 0 Å². The van der Waals surface area contributed by atoms with E-state index < -0.39 is 127 Å². The minimum Gasteiger partial charge on any atom is -0.459 e. The molecule has 0 amide bonds. The van der Waals surface area contributed by atoms with Gasteiger partial charge in [-0.1, -0.05) is 68.5 Å².